The zero-order chi connectivity index (χ0) is 13.9. The van der Waals surface area contributed by atoms with Gasteiger partial charge in [0, 0.05) is 6.54 Å². The van der Waals surface area contributed by atoms with E-state index in [9.17, 15) is 9.90 Å². The number of nitrogens with one attached hydrogen (secondary N) is 1. The first-order chi connectivity index (χ1) is 8.21. The maximum absolute atomic E-state index is 11.9. The Balaban J connectivity index is 2.59. The summed E-state index contributed by atoms with van der Waals surface area (Å²) in [4.78, 5) is 11.9. The van der Waals surface area contributed by atoms with Crippen molar-refractivity contribution in [3.63, 3.8) is 0 Å². The van der Waals surface area contributed by atoms with Gasteiger partial charge in [0.2, 0.25) is 0 Å². The first kappa shape index (κ1) is 15.8. The lowest BCUT2D eigenvalue weighted by atomic mass is 9.94. The molecule has 1 unspecified atom stereocenters. The molecule has 1 aromatic heterocycles. The monoisotopic (exact) mass is 309 g/mol. The van der Waals surface area contributed by atoms with E-state index in [1.165, 1.54) is 6.07 Å². The fraction of sp³-hybridized carbons (Fsp3) is 0.583. The molecule has 3 nitrogen and oxygen atoms in total. The predicted octanol–water partition coefficient (Wildman–Crippen LogP) is 3.58. The molecule has 0 aliphatic carbocycles. The Kier molecular flexibility index (Phi) is 5.46. The van der Waals surface area contributed by atoms with Gasteiger partial charge in [-0.2, -0.15) is 0 Å². The Morgan fingerprint density at radius 1 is 1.56 bits per heavy atom. The molecule has 0 aliphatic rings. The number of carbonyl (C=O) groups is 1. The van der Waals surface area contributed by atoms with Gasteiger partial charge in [-0.15, -0.1) is 11.3 Å². The fourth-order valence-electron chi connectivity index (χ4n) is 1.81. The lowest BCUT2D eigenvalue weighted by Gasteiger charge is -2.25. The van der Waals surface area contributed by atoms with Crippen LogP contribution in [0.1, 0.15) is 37.6 Å². The number of hydrogen-bond acceptors (Lipinski definition) is 3. The van der Waals surface area contributed by atoms with Gasteiger partial charge in [-0.25, -0.2) is 0 Å². The van der Waals surface area contributed by atoms with Gasteiger partial charge in [-0.1, -0.05) is 37.0 Å². The minimum atomic E-state index is -0.921. The molecular formula is C12H17Cl2NO2S. The van der Waals surface area contributed by atoms with Crippen LogP contribution in [0.5, 0.6) is 0 Å². The van der Waals surface area contributed by atoms with Crippen molar-refractivity contribution in [3.8, 4) is 0 Å². The van der Waals surface area contributed by atoms with E-state index in [2.05, 4.69) is 5.32 Å². The Morgan fingerprint density at radius 3 is 2.61 bits per heavy atom. The van der Waals surface area contributed by atoms with Crippen molar-refractivity contribution in [3.05, 3.63) is 20.3 Å². The number of amides is 1. The van der Waals surface area contributed by atoms with E-state index in [-0.39, 0.29) is 12.5 Å². The standard InChI is InChI=1S/C12H17Cl2NO2S/c1-7(2)5-12(3,17)6-15-11(16)8-4-9(13)18-10(8)14/h4,7,17H,5-6H2,1-3H3,(H,15,16). The highest BCUT2D eigenvalue weighted by Gasteiger charge is 2.23. The summed E-state index contributed by atoms with van der Waals surface area (Å²) >= 11 is 12.8. The highest BCUT2D eigenvalue weighted by Crippen LogP contribution is 2.31. The fourth-order valence-corrected chi connectivity index (χ4v) is 3.27. The number of halogens is 2. The van der Waals surface area contributed by atoms with E-state index in [0.29, 0.717) is 26.6 Å². The second-order valence-electron chi connectivity index (χ2n) is 5.02. The minimum Gasteiger partial charge on any atom is -0.388 e. The van der Waals surface area contributed by atoms with Crippen LogP contribution in [0, 0.1) is 5.92 Å². The van der Waals surface area contributed by atoms with Crippen LogP contribution in [0.2, 0.25) is 8.67 Å². The highest BCUT2D eigenvalue weighted by molar-refractivity contribution is 7.20. The zero-order valence-corrected chi connectivity index (χ0v) is 12.9. The molecule has 2 N–H and O–H groups in total. The first-order valence-corrected chi connectivity index (χ1v) is 7.24. The minimum absolute atomic E-state index is 0.188. The van der Waals surface area contributed by atoms with Crippen molar-refractivity contribution in [1.29, 1.82) is 0 Å². The molecule has 1 amide bonds. The Labute approximate surface area is 121 Å². The molecule has 0 aliphatic heterocycles. The Morgan fingerprint density at radius 2 is 2.17 bits per heavy atom. The summed E-state index contributed by atoms with van der Waals surface area (Å²) in [7, 11) is 0. The Hall–Kier alpha value is -0.290. The van der Waals surface area contributed by atoms with E-state index in [1.807, 2.05) is 13.8 Å². The van der Waals surface area contributed by atoms with Crippen molar-refractivity contribution >= 4 is 40.4 Å². The van der Waals surface area contributed by atoms with Gasteiger partial charge in [0.1, 0.15) is 4.34 Å². The van der Waals surface area contributed by atoms with Gasteiger partial charge < -0.3 is 10.4 Å². The first-order valence-electron chi connectivity index (χ1n) is 5.66. The number of rotatable bonds is 5. The van der Waals surface area contributed by atoms with Gasteiger partial charge in [0.05, 0.1) is 15.5 Å². The third-order valence-electron chi connectivity index (χ3n) is 2.38. The normalized spacial score (nSPS) is 14.6. The van der Waals surface area contributed by atoms with Crippen molar-refractivity contribution < 1.29 is 9.90 Å². The van der Waals surface area contributed by atoms with Crippen LogP contribution < -0.4 is 5.32 Å². The predicted molar refractivity (Wildman–Crippen MR) is 76.8 cm³/mol. The maximum Gasteiger partial charge on any atom is 0.253 e. The molecule has 0 bridgehead atoms. The third-order valence-corrected chi connectivity index (χ3v) is 3.87. The molecule has 0 spiro atoms. The van der Waals surface area contributed by atoms with Crippen molar-refractivity contribution in [2.24, 2.45) is 5.92 Å². The zero-order valence-electron chi connectivity index (χ0n) is 10.6. The van der Waals surface area contributed by atoms with E-state index < -0.39 is 5.60 Å². The molecule has 1 rings (SSSR count). The maximum atomic E-state index is 11.9. The van der Waals surface area contributed by atoms with Crippen LogP contribution in [0.4, 0.5) is 0 Å². The van der Waals surface area contributed by atoms with Crippen LogP contribution in [0.15, 0.2) is 6.07 Å². The van der Waals surface area contributed by atoms with E-state index in [4.69, 9.17) is 23.2 Å². The molecule has 18 heavy (non-hydrogen) atoms. The van der Waals surface area contributed by atoms with Crippen molar-refractivity contribution in [2.75, 3.05) is 6.54 Å². The van der Waals surface area contributed by atoms with Gasteiger partial charge in [0.25, 0.3) is 5.91 Å². The molecular weight excluding hydrogens is 293 g/mol. The van der Waals surface area contributed by atoms with E-state index in [1.54, 1.807) is 6.92 Å². The van der Waals surface area contributed by atoms with Crippen LogP contribution in [0.3, 0.4) is 0 Å². The molecule has 0 fully saturated rings. The largest absolute Gasteiger partial charge is 0.388 e. The molecule has 1 heterocycles. The van der Waals surface area contributed by atoms with Crippen LogP contribution in [-0.4, -0.2) is 23.2 Å². The van der Waals surface area contributed by atoms with E-state index >= 15 is 0 Å². The number of carbonyl (C=O) groups excluding carboxylic acids is 1. The van der Waals surface area contributed by atoms with Crippen molar-refractivity contribution in [1.82, 2.24) is 5.32 Å². The van der Waals surface area contributed by atoms with Gasteiger partial charge >= 0.3 is 0 Å². The van der Waals surface area contributed by atoms with Crippen molar-refractivity contribution in [2.45, 2.75) is 32.8 Å². The number of aliphatic hydroxyl groups is 1. The molecule has 6 heteroatoms. The molecule has 0 saturated heterocycles. The molecule has 0 saturated carbocycles. The molecule has 0 radical (unpaired) electrons. The summed E-state index contributed by atoms with van der Waals surface area (Å²) in [6.07, 6.45) is 0.616. The van der Waals surface area contributed by atoms with E-state index in [0.717, 1.165) is 11.3 Å². The average Bonchev–Trinajstić information content (AvgIpc) is 2.52. The SMILES string of the molecule is CC(C)CC(C)(O)CNC(=O)c1cc(Cl)sc1Cl. The highest BCUT2D eigenvalue weighted by atomic mass is 35.5. The van der Waals surface area contributed by atoms with Gasteiger partial charge in [0.15, 0.2) is 0 Å². The second-order valence-corrected chi connectivity index (χ2v) is 7.30. The molecule has 102 valence electrons. The summed E-state index contributed by atoms with van der Waals surface area (Å²) in [6.45, 7) is 5.93. The Bertz CT molecular complexity index is 430. The molecule has 0 aromatic carbocycles. The topological polar surface area (TPSA) is 49.3 Å². The molecule has 1 aromatic rings. The number of hydrogen-bond donors (Lipinski definition) is 2. The number of thiophene rings is 1. The summed E-state index contributed by atoms with van der Waals surface area (Å²) < 4.78 is 0.833. The summed E-state index contributed by atoms with van der Waals surface area (Å²) in [5.74, 6) is 0.0447. The van der Waals surface area contributed by atoms with Crippen LogP contribution in [-0.2, 0) is 0 Å². The smallest absolute Gasteiger partial charge is 0.253 e. The molecule has 1 atom stereocenters. The average molecular weight is 310 g/mol. The lowest BCUT2D eigenvalue weighted by molar-refractivity contribution is 0.0368. The van der Waals surface area contributed by atoms with Gasteiger partial charge in [-0.05, 0) is 25.3 Å². The quantitative estimate of drug-likeness (QED) is 0.873. The van der Waals surface area contributed by atoms with Gasteiger partial charge in [-0.3, -0.25) is 4.79 Å². The summed E-state index contributed by atoms with van der Waals surface area (Å²) in [5.41, 5.74) is -0.567. The third kappa shape index (κ3) is 4.76. The van der Waals surface area contributed by atoms with Crippen LogP contribution >= 0.6 is 34.5 Å². The summed E-state index contributed by atoms with van der Waals surface area (Å²) in [5, 5.41) is 12.8. The second kappa shape index (κ2) is 6.24. The lowest BCUT2D eigenvalue weighted by Crippen LogP contribution is -2.41. The van der Waals surface area contributed by atoms with Crippen LogP contribution in [0.25, 0.3) is 0 Å². The summed E-state index contributed by atoms with van der Waals surface area (Å²) in [6, 6.07) is 1.53.